The lowest BCUT2D eigenvalue weighted by molar-refractivity contribution is 0.0915. The van der Waals surface area contributed by atoms with Crippen LogP contribution in [0.2, 0.25) is 15.1 Å². The first-order valence-corrected chi connectivity index (χ1v) is 8.48. The van der Waals surface area contributed by atoms with Crippen LogP contribution in [0.5, 0.6) is 5.75 Å². The van der Waals surface area contributed by atoms with Crippen LogP contribution < -0.4 is 10.3 Å². The van der Waals surface area contributed by atoms with Crippen molar-refractivity contribution in [2.75, 3.05) is 6.61 Å². The molecule has 0 radical (unpaired) electrons. The van der Waals surface area contributed by atoms with Gasteiger partial charge in [0.1, 0.15) is 18.5 Å². The van der Waals surface area contributed by atoms with Gasteiger partial charge in [-0.2, -0.15) is 0 Å². The summed E-state index contributed by atoms with van der Waals surface area (Å²) in [5.74, 6) is 0.575. The summed E-state index contributed by atoms with van der Waals surface area (Å²) >= 11 is 17.8. The lowest BCUT2D eigenvalue weighted by Gasteiger charge is -2.14. The summed E-state index contributed by atoms with van der Waals surface area (Å²) in [5, 5.41) is 11.7. The molecule has 1 atom stereocenters. The maximum atomic E-state index is 12.5. The Morgan fingerprint density at radius 3 is 2.56 bits per heavy atom. The number of aromatic nitrogens is 2. The number of ether oxygens (including phenoxy) is 1. The topological polar surface area (TPSA) is 64.4 Å². The molecule has 0 fully saturated rings. The minimum atomic E-state index is -0.901. The first-order chi connectivity index (χ1) is 11.9. The molecule has 0 saturated carbocycles. The van der Waals surface area contributed by atoms with Crippen molar-refractivity contribution in [1.29, 1.82) is 0 Å². The SMILES string of the molecule is O=c1c2cc(Cl)cc(Cl)c2ncn1CC(O)COc1ccc(Cl)cc1. The van der Waals surface area contributed by atoms with Crippen LogP contribution in [-0.2, 0) is 6.54 Å². The molecule has 2 aromatic carbocycles. The summed E-state index contributed by atoms with van der Waals surface area (Å²) in [4.78, 5) is 16.7. The quantitative estimate of drug-likeness (QED) is 0.709. The second-order valence-electron chi connectivity index (χ2n) is 5.40. The van der Waals surface area contributed by atoms with Crippen LogP contribution in [0.4, 0.5) is 0 Å². The van der Waals surface area contributed by atoms with E-state index in [9.17, 15) is 9.90 Å². The van der Waals surface area contributed by atoms with E-state index >= 15 is 0 Å². The summed E-state index contributed by atoms with van der Waals surface area (Å²) in [6, 6.07) is 9.80. The predicted molar refractivity (Wildman–Crippen MR) is 99.0 cm³/mol. The molecule has 1 unspecified atom stereocenters. The van der Waals surface area contributed by atoms with E-state index in [0.717, 1.165) is 0 Å². The maximum absolute atomic E-state index is 12.5. The Hall–Kier alpha value is -1.79. The molecular weight excluding hydrogens is 387 g/mol. The zero-order valence-corrected chi connectivity index (χ0v) is 15.1. The molecule has 3 aromatic rings. The maximum Gasteiger partial charge on any atom is 0.261 e. The number of fused-ring (bicyclic) bond motifs is 1. The molecule has 0 saturated heterocycles. The summed E-state index contributed by atoms with van der Waals surface area (Å²) < 4.78 is 6.77. The smallest absolute Gasteiger partial charge is 0.261 e. The van der Waals surface area contributed by atoms with Gasteiger partial charge in [-0.05, 0) is 36.4 Å². The summed E-state index contributed by atoms with van der Waals surface area (Å²) in [5.41, 5.74) is 0.0409. The van der Waals surface area contributed by atoms with Gasteiger partial charge in [0, 0.05) is 10.0 Å². The minimum Gasteiger partial charge on any atom is -0.491 e. The van der Waals surface area contributed by atoms with Gasteiger partial charge in [0.05, 0.1) is 28.8 Å². The van der Waals surface area contributed by atoms with E-state index in [2.05, 4.69) is 4.98 Å². The highest BCUT2D eigenvalue weighted by molar-refractivity contribution is 6.38. The average molecular weight is 400 g/mol. The zero-order chi connectivity index (χ0) is 18.0. The van der Waals surface area contributed by atoms with Gasteiger partial charge in [0.2, 0.25) is 0 Å². The zero-order valence-electron chi connectivity index (χ0n) is 12.8. The van der Waals surface area contributed by atoms with Crippen LogP contribution in [0.15, 0.2) is 47.5 Å². The summed E-state index contributed by atoms with van der Waals surface area (Å²) in [6.45, 7) is 0.0436. The minimum absolute atomic E-state index is 0.0163. The molecule has 0 amide bonds. The molecule has 130 valence electrons. The number of halogens is 3. The number of hydrogen-bond donors (Lipinski definition) is 1. The van der Waals surface area contributed by atoms with Crippen molar-refractivity contribution in [1.82, 2.24) is 9.55 Å². The van der Waals surface area contributed by atoms with E-state index in [4.69, 9.17) is 39.5 Å². The highest BCUT2D eigenvalue weighted by Crippen LogP contribution is 2.24. The van der Waals surface area contributed by atoms with Crippen molar-refractivity contribution in [3.63, 3.8) is 0 Å². The highest BCUT2D eigenvalue weighted by atomic mass is 35.5. The van der Waals surface area contributed by atoms with Crippen LogP contribution in [0, 0.1) is 0 Å². The van der Waals surface area contributed by atoms with Gasteiger partial charge in [0.15, 0.2) is 0 Å². The molecule has 0 bridgehead atoms. The van der Waals surface area contributed by atoms with E-state index < -0.39 is 6.10 Å². The van der Waals surface area contributed by atoms with Crippen LogP contribution in [-0.4, -0.2) is 27.4 Å². The highest BCUT2D eigenvalue weighted by Gasteiger charge is 2.12. The van der Waals surface area contributed by atoms with E-state index in [0.29, 0.717) is 31.7 Å². The van der Waals surface area contributed by atoms with Gasteiger partial charge in [-0.15, -0.1) is 0 Å². The van der Waals surface area contributed by atoms with E-state index in [-0.39, 0.29) is 18.7 Å². The molecule has 1 N–H and O–H groups in total. The second-order valence-corrected chi connectivity index (χ2v) is 6.68. The van der Waals surface area contributed by atoms with Crippen molar-refractivity contribution in [2.45, 2.75) is 12.6 Å². The first-order valence-electron chi connectivity index (χ1n) is 7.34. The Morgan fingerprint density at radius 1 is 1.12 bits per heavy atom. The molecule has 5 nitrogen and oxygen atoms in total. The third kappa shape index (κ3) is 4.25. The summed E-state index contributed by atoms with van der Waals surface area (Å²) in [7, 11) is 0. The van der Waals surface area contributed by atoms with E-state index in [1.54, 1.807) is 24.3 Å². The third-order valence-electron chi connectivity index (χ3n) is 3.51. The Balaban J connectivity index is 1.74. The van der Waals surface area contributed by atoms with Gasteiger partial charge < -0.3 is 9.84 Å². The Labute approximate surface area is 158 Å². The first kappa shape index (κ1) is 18.0. The molecule has 25 heavy (non-hydrogen) atoms. The van der Waals surface area contributed by atoms with Crippen LogP contribution in [0.1, 0.15) is 0 Å². The molecule has 0 spiro atoms. The van der Waals surface area contributed by atoms with Gasteiger partial charge in [-0.25, -0.2) is 4.98 Å². The molecule has 1 aromatic heterocycles. The molecule has 0 aliphatic heterocycles. The Kier molecular flexibility index (Phi) is 5.49. The van der Waals surface area contributed by atoms with Gasteiger partial charge in [0.25, 0.3) is 5.56 Å². The van der Waals surface area contributed by atoms with E-state index in [1.807, 2.05) is 0 Å². The number of aliphatic hydroxyl groups excluding tert-OH is 1. The fourth-order valence-corrected chi connectivity index (χ4v) is 3.00. The standard InChI is InChI=1S/C17H13Cl3N2O3/c18-10-1-3-13(4-2-10)25-8-12(23)7-22-9-21-16-14(17(22)24)5-11(19)6-15(16)20/h1-6,9,12,23H,7-8H2. The predicted octanol–water partition coefficient (Wildman–Crippen LogP) is 3.80. The number of hydrogen-bond acceptors (Lipinski definition) is 4. The van der Waals surface area contributed by atoms with Crippen molar-refractivity contribution in [3.8, 4) is 5.75 Å². The normalized spacial score (nSPS) is 12.3. The molecule has 0 aliphatic rings. The fourth-order valence-electron chi connectivity index (χ4n) is 2.33. The monoisotopic (exact) mass is 398 g/mol. The van der Waals surface area contributed by atoms with Crippen molar-refractivity contribution < 1.29 is 9.84 Å². The van der Waals surface area contributed by atoms with Gasteiger partial charge in [-0.3, -0.25) is 9.36 Å². The number of rotatable bonds is 5. The molecule has 8 heteroatoms. The summed E-state index contributed by atoms with van der Waals surface area (Å²) in [6.07, 6.45) is 0.443. The third-order valence-corrected chi connectivity index (χ3v) is 4.27. The molecule has 3 rings (SSSR count). The average Bonchev–Trinajstić information content (AvgIpc) is 2.57. The second kappa shape index (κ2) is 7.62. The molecule has 0 aliphatic carbocycles. The Bertz CT molecular complexity index is 958. The number of aliphatic hydroxyl groups is 1. The lowest BCUT2D eigenvalue weighted by atomic mass is 10.2. The fraction of sp³-hybridized carbons (Fsp3) is 0.176. The Morgan fingerprint density at radius 2 is 1.84 bits per heavy atom. The van der Waals surface area contributed by atoms with Crippen LogP contribution >= 0.6 is 34.8 Å². The molecule has 1 heterocycles. The van der Waals surface area contributed by atoms with Gasteiger partial charge in [-0.1, -0.05) is 34.8 Å². The van der Waals surface area contributed by atoms with Crippen molar-refractivity contribution in [2.24, 2.45) is 0 Å². The van der Waals surface area contributed by atoms with Crippen molar-refractivity contribution >= 4 is 45.7 Å². The number of nitrogens with zero attached hydrogens (tertiary/aromatic N) is 2. The van der Waals surface area contributed by atoms with Crippen LogP contribution in [0.25, 0.3) is 10.9 Å². The van der Waals surface area contributed by atoms with Crippen LogP contribution in [0.3, 0.4) is 0 Å². The van der Waals surface area contributed by atoms with E-state index in [1.165, 1.54) is 23.0 Å². The lowest BCUT2D eigenvalue weighted by Crippen LogP contribution is -2.30. The molecular formula is C17H13Cl3N2O3. The largest absolute Gasteiger partial charge is 0.491 e. The van der Waals surface area contributed by atoms with Crippen molar-refractivity contribution in [3.05, 3.63) is 68.1 Å². The van der Waals surface area contributed by atoms with Gasteiger partial charge >= 0.3 is 0 Å². The number of benzene rings is 2.